The lowest BCUT2D eigenvalue weighted by Gasteiger charge is -2.23. The molecule has 2 nitrogen and oxygen atoms in total. The third-order valence-corrected chi connectivity index (χ3v) is 3.16. The fourth-order valence-electron chi connectivity index (χ4n) is 1.89. The number of hydrogen-bond donors (Lipinski definition) is 1. The summed E-state index contributed by atoms with van der Waals surface area (Å²) in [6, 6.07) is 0.614. The lowest BCUT2D eigenvalue weighted by molar-refractivity contribution is 0.310. The first-order valence-corrected chi connectivity index (χ1v) is 6.81. The van der Waals surface area contributed by atoms with Crippen LogP contribution in [0.3, 0.4) is 0 Å². The molecule has 0 saturated heterocycles. The summed E-state index contributed by atoms with van der Waals surface area (Å²) < 4.78 is 0. The van der Waals surface area contributed by atoms with Gasteiger partial charge in [0.25, 0.3) is 0 Å². The third kappa shape index (κ3) is 9.17. The van der Waals surface area contributed by atoms with Crippen molar-refractivity contribution in [2.45, 2.75) is 53.0 Å². The Labute approximate surface area is 103 Å². The summed E-state index contributed by atoms with van der Waals surface area (Å²) in [7, 11) is 4.31. The summed E-state index contributed by atoms with van der Waals surface area (Å²) in [6.45, 7) is 11.5. The summed E-state index contributed by atoms with van der Waals surface area (Å²) in [6.07, 6.45) is 4.06. The van der Waals surface area contributed by atoms with E-state index in [1.54, 1.807) is 0 Å². The summed E-state index contributed by atoms with van der Waals surface area (Å²) in [5.74, 6) is 1.63. The van der Waals surface area contributed by atoms with E-state index < -0.39 is 0 Å². The molecular formula is C14H32N2. The van der Waals surface area contributed by atoms with Gasteiger partial charge >= 0.3 is 0 Å². The van der Waals surface area contributed by atoms with Crippen LogP contribution in [0.5, 0.6) is 0 Å². The molecule has 0 heterocycles. The van der Waals surface area contributed by atoms with Crippen LogP contribution in [0.25, 0.3) is 0 Å². The van der Waals surface area contributed by atoms with Crippen molar-refractivity contribution in [3.8, 4) is 0 Å². The molecule has 0 spiro atoms. The molecule has 0 aromatic carbocycles. The van der Waals surface area contributed by atoms with Crippen molar-refractivity contribution in [1.29, 1.82) is 0 Å². The second-order valence-corrected chi connectivity index (χ2v) is 5.87. The Hall–Kier alpha value is -0.0800. The van der Waals surface area contributed by atoms with Gasteiger partial charge in [0.2, 0.25) is 0 Å². The highest BCUT2D eigenvalue weighted by molar-refractivity contribution is 4.68. The highest BCUT2D eigenvalue weighted by Crippen LogP contribution is 2.17. The second-order valence-electron chi connectivity index (χ2n) is 5.87. The van der Waals surface area contributed by atoms with Gasteiger partial charge in [-0.2, -0.15) is 0 Å². The molecule has 98 valence electrons. The molecular weight excluding hydrogens is 196 g/mol. The van der Waals surface area contributed by atoms with Crippen LogP contribution in [0.4, 0.5) is 0 Å². The van der Waals surface area contributed by atoms with E-state index in [0.29, 0.717) is 6.04 Å². The Morgan fingerprint density at radius 3 is 2.06 bits per heavy atom. The van der Waals surface area contributed by atoms with Gasteiger partial charge in [0, 0.05) is 6.04 Å². The monoisotopic (exact) mass is 228 g/mol. The molecule has 0 aromatic rings. The van der Waals surface area contributed by atoms with Gasteiger partial charge < -0.3 is 10.2 Å². The highest BCUT2D eigenvalue weighted by Gasteiger charge is 2.13. The van der Waals surface area contributed by atoms with Crippen LogP contribution in [-0.4, -0.2) is 38.1 Å². The van der Waals surface area contributed by atoms with Crippen molar-refractivity contribution in [1.82, 2.24) is 10.2 Å². The minimum atomic E-state index is 0.614. The SMILES string of the molecule is CC(C)NCC(CCCCN(C)C)C(C)C. The van der Waals surface area contributed by atoms with Crippen LogP contribution in [0.1, 0.15) is 47.0 Å². The minimum Gasteiger partial charge on any atom is -0.314 e. The van der Waals surface area contributed by atoms with Crippen LogP contribution in [-0.2, 0) is 0 Å². The molecule has 0 amide bonds. The largest absolute Gasteiger partial charge is 0.314 e. The maximum Gasteiger partial charge on any atom is 0.00104 e. The van der Waals surface area contributed by atoms with E-state index in [-0.39, 0.29) is 0 Å². The van der Waals surface area contributed by atoms with E-state index in [2.05, 4.69) is 52.0 Å². The van der Waals surface area contributed by atoms with E-state index in [4.69, 9.17) is 0 Å². The lowest BCUT2D eigenvalue weighted by Crippen LogP contribution is -2.31. The van der Waals surface area contributed by atoms with E-state index in [1.807, 2.05) is 0 Å². The first-order chi connectivity index (χ1) is 7.43. The number of nitrogens with one attached hydrogen (secondary N) is 1. The highest BCUT2D eigenvalue weighted by atomic mass is 15.0. The van der Waals surface area contributed by atoms with Gasteiger partial charge in [-0.05, 0) is 51.9 Å². The fourth-order valence-corrected chi connectivity index (χ4v) is 1.89. The van der Waals surface area contributed by atoms with Crippen molar-refractivity contribution in [2.75, 3.05) is 27.2 Å². The summed E-state index contributed by atoms with van der Waals surface area (Å²) in [4.78, 5) is 2.27. The molecule has 0 fully saturated rings. The van der Waals surface area contributed by atoms with Gasteiger partial charge in [0.05, 0.1) is 0 Å². The minimum absolute atomic E-state index is 0.614. The van der Waals surface area contributed by atoms with Crippen molar-refractivity contribution in [3.63, 3.8) is 0 Å². The number of unbranched alkanes of at least 4 members (excludes halogenated alkanes) is 1. The van der Waals surface area contributed by atoms with E-state index in [9.17, 15) is 0 Å². The van der Waals surface area contributed by atoms with Gasteiger partial charge in [-0.25, -0.2) is 0 Å². The van der Waals surface area contributed by atoms with Crippen LogP contribution < -0.4 is 5.32 Å². The predicted molar refractivity (Wildman–Crippen MR) is 73.9 cm³/mol. The smallest absolute Gasteiger partial charge is 0.00104 e. The fraction of sp³-hybridized carbons (Fsp3) is 1.00. The molecule has 0 rings (SSSR count). The third-order valence-electron chi connectivity index (χ3n) is 3.16. The van der Waals surface area contributed by atoms with Gasteiger partial charge in [-0.1, -0.05) is 34.1 Å². The summed E-state index contributed by atoms with van der Waals surface area (Å²) in [5.41, 5.74) is 0. The molecule has 0 saturated carbocycles. The zero-order chi connectivity index (χ0) is 12.6. The zero-order valence-electron chi connectivity index (χ0n) is 12.2. The summed E-state index contributed by atoms with van der Waals surface area (Å²) >= 11 is 0. The molecule has 16 heavy (non-hydrogen) atoms. The second kappa shape index (κ2) is 9.00. The van der Waals surface area contributed by atoms with Gasteiger partial charge in [-0.15, -0.1) is 0 Å². The molecule has 0 aliphatic heterocycles. The standard InChI is InChI=1S/C14H32N2/c1-12(2)14(11-15-13(3)4)9-7-8-10-16(5)6/h12-15H,7-11H2,1-6H3. The normalized spacial score (nSPS) is 14.1. The molecule has 0 radical (unpaired) electrons. The molecule has 0 bridgehead atoms. The lowest BCUT2D eigenvalue weighted by atomic mass is 9.90. The van der Waals surface area contributed by atoms with Crippen LogP contribution >= 0.6 is 0 Å². The van der Waals surface area contributed by atoms with Gasteiger partial charge in [-0.3, -0.25) is 0 Å². The summed E-state index contributed by atoms with van der Waals surface area (Å²) in [5, 5.41) is 3.57. The quantitative estimate of drug-likeness (QED) is 0.610. The van der Waals surface area contributed by atoms with E-state index in [1.165, 1.54) is 32.4 Å². The Bertz CT molecular complexity index is 153. The van der Waals surface area contributed by atoms with Crippen molar-refractivity contribution >= 4 is 0 Å². The molecule has 1 unspecified atom stereocenters. The molecule has 2 heteroatoms. The topological polar surface area (TPSA) is 15.3 Å². The Morgan fingerprint density at radius 2 is 1.62 bits per heavy atom. The average molecular weight is 228 g/mol. The average Bonchev–Trinajstić information content (AvgIpc) is 2.15. The Kier molecular flexibility index (Phi) is 8.96. The first kappa shape index (κ1) is 15.9. The van der Waals surface area contributed by atoms with Crippen LogP contribution in [0.2, 0.25) is 0 Å². The predicted octanol–water partition coefficient (Wildman–Crippen LogP) is 2.99. The number of rotatable bonds is 9. The molecule has 0 aliphatic rings. The molecule has 0 aliphatic carbocycles. The maximum absolute atomic E-state index is 3.57. The van der Waals surface area contributed by atoms with Crippen molar-refractivity contribution in [3.05, 3.63) is 0 Å². The Balaban J connectivity index is 3.68. The maximum atomic E-state index is 3.57. The molecule has 0 aromatic heterocycles. The van der Waals surface area contributed by atoms with E-state index >= 15 is 0 Å². The van der Waals surface area contributed by atoms with Crippen molar-refractivity contribution < 1.29 is 0 Å². The van der Waals surface area contributed by atoms with Crippen LogP contribution in [0, 0.1) is 11.8 Å². The van der Waals surface area contributed by atoms with E-state index in [0.717, 1.165) is 11.8 Å². The first-order valence-electron chi connectivity index (χ1n) is 6.81. The Morgan fingerprint density at radius 1 is 1.00 bits per heavy atom. The van der Waals surface area contributed by atoms with Gasteiger partial charge in [0.15, 0.2) is 0 Å². The van der Waals surface area contributed by atoms with Gasteiger partial charge in [0.1, 0.15) is 0 Å². The number of hydrogen-bond acceptors (Lipinski definition) is 2. The van der Waals surface area contributed by atoms with Crippen molar-refractivity contribution in [2.24, 2.45) is 11.8 Å². The number of nitrogens with zero attached hydrogens (tertiary/aromatic N) is 1. The molecule has 1 atom stereocenters. The molecule has 1 N–H and O–H groups in total. The van der Waals surface area contributed by atoms with Crippen LogP contribution in [0.15, 0.2) is 0 Å². The zero-order valence-corrected chi connectivity index (χ0v) is 12.2.